The highest BCUT2D eigenvalue weighted by molar-refractivity contribution is 5.77. The van der Waals surface area contributed by atoms with Gasteiger partial charge in [-0.25, -0.2) is 9.59 Å². The Balaban J connectivity index is 2.18. The number of methoxy groups -OCH3 is 1. The number of nitrogens with one attached hydrogen (secondary N) is 1. The fourth-order valence-corrected chi connectivity index (χ4v) is 2.78. The summed E-state index contributed by atoms with van der Waals surface area (Å²) in [5.74, 6) is -0.832. The van der Waals surface area contributed by atoms with E-state index in [1.54, 1.807) is 0 Å². The van der Waals surface area contributed by atoms with Crippen molar-refractivity contribution in [3.63, 3.8) is 0 Å². The molecule has 0 radical (unpaired) electrons. The molecule has 0 aliphatic carbocycles. The zero-order valence-corrected chi connectivity index (χ0v) is 15.1. The van der Waals surface area contributed by atoms with Crippen molar-refractivity contribution in [1.82, 2.24) is 5.32 Å². The second kappa shape index (κ2) is 9.01. The predicted octanol–water partition coefficient (Wildman–Crippen LogP) is 2.80. The SMILES string of the molecule is COC(=O)[C@H](O)[C@@H](NC(=O)OCc1ccccc1)c1c(C)cccc1C. The summed E-state index contributed by atoms with van der Waals surface area (Å²) in [6, 6.07) is 13.8. The molecule has 0 bridgehead atoms. The van der Waals surface area contributed by atoms with Gasteiger partial charge in [0.05, 0.1) is 13.2 Å². The summed E-state index contributed by atoms with van der Waals surface area (Å²) >= 11 is 0. The number of hydrogen-bond donors (Lipinski definition) is 2. The van der Waals surface area contributed by atoms with E-state index in [9.17, 15) is 14.7 Å². The molecule has 0 aliphatic heterocycles. The van der Waals surface area contributed by atoms with Gasteiger partial charge in [0.1, 0.15) is 6.61 Å². The average molecular weight is 357 g/mol. The Hall–Kier alpha value is -2.86. The summed E-state index contributed by atoms with van der Waals surface area (Å²) < 4.78 is 9.83. The number of amides is 1. The Labute approximate surface area is 152 Å². The number of rotatable bonds is 6. The molecule has 2 N–H and O–H groups in total. The molecule has 1 amide bonds. The molecule has 2 rings (SSSR count). The fourth-order valence-electron chi connectivity index (χ4n) is 2.78. The van der Waals surface area contributed by atoms with Gasteiger partial charge in [0.2, 0.25) is 0 Å². The van der Waals surface area contributed by atoms with Gasteiger partial charge in [-0.05, 0) is 36.1 Å². The second-order valence-corrected chi connectivity index (χ2v) is 5.96. The first-order valence-corrected chi connectivity index (χ1v) is 8.23. The van der Waals surface area contributed by atoms with Crippen LogP contribution in [-0.2, 0) is 20.9 Å². The number of esters is 1. The van der Waals surface area contributed by atoms with Crippen molar-refractivity contribution in [2.24, 2.45) is 0 Å². The third-order valence-electron chi connectivity index (χ3n) is 4.10. The Bertz CT molecular complexity index is 740. The molecule has 0 aromatic heterocycles. The van der Waals surface area contributed by atoms with Crippen LogP contribution in [0.15, 0.2) is 48.5 Å². The van der Waals surface area contributed by atoms with Crippen LogP contribution in [0.3, 0.4) is 0 Å². The van der Waals surface area contributed by atoms with Gasteiger partial charge in [-0.3, -0.25) is 0 Å². The summed E-state index contributed by atoms with van der Waals surface area (Å²) in [6.07, 6.45) is -2.28. The quantitative estimate of drug-likeness (QED) is 0.777. The molecule has 6 heteroatoms. The summed E-state index contributed by atoms with van der Waals surface area (Å²) in [7, 11) is 1.18. The highest BCUT2D eigenvalue weighted by Gasteiger charge is 2.32. The first-order valence-electron chi connectivity index (χ1n) is 8.23. The number of benzene rings is 2. The smallest absolute Gasteiger partial charge is 0.408 e. The first-order chi connectivity index (χ1) is 12.4. The number of hydrogen-bond acceptors (Lipinski definition) is 5. The van der Waals surface area contributed by atoms with Crippen molar-refractivity contribution in [3.05, 3.63) is 70.8 Å². The first kappa shape index (κ1) is 19.5. The van der Waals surface area contributed by atoms with Crippen LogP contribution in [0.2, 0.25) is 0 Å². The van der Waals surface area contributed by atoms with E-state index >= 15 is 0 Å². The number of aryl methyl sites for hydroxylation is 2. The van der Waals surface area contributed by atoms with Crippen LogP contribution in [0.5, 0.6) is 0 Å². The molecular weight excluding hydrogens is 334 g/mol. The van der Waals surface area contributed by atoms with Crippen molar-refractivity contribution in [2.45, 2.75) is 32.6 Å². The summed E-state index contributed by atoms with van der Waals surface area (Å²) in [4.78, 5) is 24.1. The predicted molar refractivity (Wildman–Crippen MR) is 96.4 cm³/mol. The fraction of sp³-hybridized carbons (Fsp3) is 0.300. The molecule has 2 atom stereocenters. The lowest BCUT2D eigenvalue weighted by molar-refractivity contribution is -0.152. The molecular formula is C20H23NO5. The zero-order chi connectivity index (χ0) is 19.1. The molecule has 0 fully saturated rings. The molecule has 0 heterocycles. The number of carbonyl (C=O) groups excluding carboxylic acids is 2. The Morgan fingerprint density at radius 3 is 2.23 bits per heavy atom. The van der Waals surface area contributed by atoms with E-state index in [1.807, 2.05) is 62.4 Å². The molecule has 6 nitrogen and oxygen atoms in total. The summed E-state index contributed by atoms with van der Waals surface area (Å²) in [5, 5.41) is 13.0. The summed E-state index contributed by atoms with van der Waals surface area (Å²) in [6.45, 7) is 3.77. The van der Waals surface area contributed by atoms with Gasteiger partial charge in [-0.1, -0.05) is 48.5 Å². The van der Waals surface area contributed by atoms with Crippen molar-refractivity contribution < 1.29 is 24.2 Å². The normalized spacial score (nSPS) is 12.8. The van der Waals surface area contributed by atoms with E-state index in [0.717, 1.165) is 16.7 Å². The number of ether oxygens (including phenoxy) is 2. The number of aliphatic hydroxyl groups is 1. The van der Waals surface area contributed by atoms with E-state index in [2.05, 4.69) is 10.1 Å². The van der Waals surface area contributed by atoms with Crippen molar-refractivity contribution >= 4 is 12.1 Å². The maximum Gasteiger partial charge on any atom is 0.408 e. The molecule has 0 unspecified atom stereocenters. The van der Waals surface area contributed by atoms with Gasteiger partial charge >= 0.3 is 12.1 Å². The Kier molecular flexibility index (Phi) is 6.74. The molecule has 0 spiro atoms. The molecule has 0 saturated heterocycles. The molecule has 138 valence electrons. The molecule has 2 aromatic carbocycles. The lowest BCUT2D eigenvalue weighted by atomic mass is 9.92. The van der Waals surface area contributed by atoms with E-state index < -0.39 is 24.2 Å². The Morgan fingerprint density at radius 1 is 1.04 bits per heavy atom. The average Bonchev–Trinajstić information content (AvgIpc) is 2.65. The maximum absolute atomic E-state index is 12.2. The van der Waals surface area contributed by atoms with Gasteiger partial charge in [-0.2, -0.15) is 0 Å². The Morgan fingerprint density at radius 2 is 1.65 bits per heavy atom. The molecule has 26 heavy (non-hydrogen) atoms. The van der Waals surface area contributed by atoms with Crippen LogP contribution < -0.4 is 5.32 Å². The number of alkyl carbamates (subject to hydrolysis) is 1. The van der Waals surface area contributed by atoms with Crippen LogP contribution in [0.1, 0.15) is 28.3 Å². The van der Waals surface area contributed by atoms with Crippen molar-refractivity contribution in [3.8, 4) is 0 Å². The lowest BCUT2D eigenvalue weighted by Crippen LogP contribution is -2.41. The van der Waals surface area contributed by atoms with Crippen LogP contribution in [0.4, 0.5) is 4.79 Å². The van der Waals surface area contributed by atoms with Crippen LogP contribution in [-0.4, -0.2) is 30.4 Å². The van der Waals surface area contributed by atoms with Gasteiger partial charge in [0, 0.05) is 0 Å². The molecule has 2 aromatic rings. The molecule has 0 aliphatic rings. The number of carbonyl (C=O) groups is 2. The van der Waals surface area contributed by atoms with Crippen LogP contribution in [0.25, 0.3) is 0 Å². The third-order valence-corrected chi connectivity index (χ3v) is 4.10. The topological polar surface area (TPSA) is 84.9 Å². The highest BCUT2D eigenvalue weighted by Crippen LogP contribution is 2.25. The van der Waals surface area contributed by atoms with Gasteiger partial charge in [0.15, 0.2) is 6.10 Å². The lowest BCUT2D eigenvalue weighted by Gasteiger charge is -2.25. The van der Waals surface area contributed by atoms with Crippen LogP contribution in [0, 0.1) is 13.8 Å². The monoisotopic (exact) mass is 357 g/mol. The van der Waals surface area contributed by atoms with Crippen molar-refractivity contribution in [1.29, 1.82) is 0 Å². The third kappa shape index (κ3) is 4.83. The zero-order valence-electron chi connectivity index (χ0n) is 15.1. The van der Waals surface area contributed by atoms with Crippen molar-refractivity contribution in [2.75, 3.05) is 7.11 Å². The number of aliphatic hydroxyl groups excluding tert-OH is 1. The van der Waals surface area contributed by atoms with E-state index in [1.165, 1.54) is 7.11 Å². The largest absolute Gasteiger partial charge is 0.467 e. The minimum atomic E-state index is -1.55. The van der Waals surface area contributed by atoms with Gasteiger partial charge in [-0.15, -0.1) is 0 Å². The van der Waals surface area contributed by atoms with E-state index in [0.29, 0.717) is 5.56 Å². The minimum Gasteiger partial charge on any atom is -0.467 e. The van der Waals surface area contributed by atoms with E-state index in [4.69, 9.17) is 4.74 Å². The minimum absolute atomic E-state index is 0.0838. The standard InChI is InChI=1S/C20H23NO5/c1-13-8-7-9-14(2)16(13)17(18(22)19(23)25-3)21-20(24)26-12-15-10-5-4-6-11-15/h4-11,17-18,22H,12H2,1-3H3,(H,21,24)/t17-,18+/m0/s1. The van der Waals surface area contributed by atoms with E-state index in [-0.39, 0.29) is 6.61 Å². The van der Waals surface area contributed by atoms with Gasteiger partial charge in [0.25, 0.3) is 0 Å². The van der Waals surface area contributed by atoms with Crippen LogP contribution >= 0.6 is 0 Å². The molecule has 0 saturated carbocycles. The highest BCUT2D eigenvalue weighted by atomic mass is 16.6. The maximum atomic E-state index is 12.2. The summed E-state index contributed by atoms with van der Waals surface area (Å²) in [5.41, 5.74) is 3.16. The second-order valence-electron chi connectivity index (χ2n) is 5.96. The van der Waals surface area contributed by atoms with Gasteiger partial charge < -0.3 is 19.9 Å².